The van der Waals surface area contributed by atoms with Gasteiger partial charge < -0.3 is 15.2 Å². The van der Waals surface area contributed by atoms with Gasteiger partial charge in [0.2, 0.25) is 0 Å². The second kappa shape index (κ2) is 6.51. The second-order valence-corrected chi connectivity index (χ2v) is 5.03. The molecule has 1 aromatic heterocycles. The molecule has 1 fully saturated rings. The van der Waals surface area contributed by atoms with Crippen molar-refractivity contribution in [3.8, 4) is 0 Å². The van der Waals surface area contributed by atoms with Crippen LogP contribution in [-0.2, 0) is 6.54 Å². The van der Waals surface area contributed by atoms with E-state index in [0.717, 1.165) is 32.4 Å². The zero-order valence-corrected chi connectivity index (χ0v) is 11.6. The summed E-state index contributed by atoms with van der Waals surface area (Å²) in [6.07, 6.45) is 4.03. The number of nitrogens with zero attached hydrogens (tertiary/aromatic N) is 2. The van der Waals surface area contributed by atoms with E-state index in [4.69, 9.17) is 0 Å². The topological polar surface area (TPSA) is 89.2 Å². The first-order chi connectivity index (χ1) is 9.61. The second-order valence-electron chi connectivity index (χ2n) is 5.03. The van der Waals surface area contributed by atoms with Gasteiger partial charge in [-0.3, -0.25) is 14.9 Å². The van der Waals surface area contributed by atoms with Crippen LogP contribution < -0.4 is 10.6 Å². The van der Waals surface area contributed by atoms with E-state index in [1.54, 1.807) is 4.57 Å². The van der Waals surface area contributed by atoms with Crippen LogP contribution >= 0.6 is 0 Å². The Morgan fingerprint density at radius 1 is 1.55 bits per heavy atom. The summed E-state index contributed by atoms with van der Waals surface area (Å²) in [5.74, 6) is -0.224. The fraction of sp³-hybridized carbons (Fsp3) is 0.615. The number of nitrogens with one attached hydrogen (secondary N) is 2. The average Bonchev–Trinajstić information content (AvgIpc) is 2.85. The van der Waals surface area contributed by atoms with Crippen LogP contribution in [0.4, 0.5) is 5.69 Å². The molecule has 20 heavy (non-hydrogen) atoms. The van der Waals surface area contributed by atoms with Crippen molar-refractivity contribution < 1.29 is 9.72 Å². The molecule has 0 spiro atoms. The quantitative estimate of drug-likeness (QED) is 0.628. The Kier molecular flexibility index (Phi) is 4.73. The summed E-state index contributed by atoms with van der Waals surface area (Å²) >= 11 is 0. The van der Waals surface area contributed by atoms with Crippen molar-refractivity contribution in [3.63, 3.8) is 0 Å². The maximum absolute atomic E-state index is 12.3. The van der Waals surface area contributed by atoms with Gasteiger partial charge in [0.25, 0.3) is 11.6 Å². The number of hydrogen-bond donors (Lipinski definition) is 2. The molecule has 2 heterocycles. The molecule has 7 nitrogen and oxygen atoms in total. The highest BCUT2D eigenvalue weighted by molar-refractivity contribution is 5.93. The summed E-state index contributed by atoms with van der Waals surface area (Å²) < 4.78 is 1.66. The van der Waals surface area contributed by atoms with Gasteiger partial charge in [0, 0.05) is 18.7 Å². The van der Waals surface area contributed by atoms with E-state index < -0.39 is 4.92 Å². The Labute approximate surface area is 117 Å². The molecule has 1 aliphatic rings. The summed E-state index contributed by atoms with van der Waals surface area (Å²) in [6.45, 7) is 4.35. The van der Waals surface area contributed by atoms with Gasteiger partial charge in [0.1, 0.15) is 5.69 Å². The van der Waals surface area contributed by atoms with Crippen molar-refractivity contribution in [3.05, 3.63) is 28.1 Å². The number of amides is 1. The van der Waals surface area contributed by atoms with E-state index in [9.17, 15) is 14.9 Å². The maximum Gasteiger partial charge on any atom is 0.287 e. The monoisotopic (exact) mass is 280 g/mol. The van der Waals surface area contributed by atoms with E-state index >= 15 is 0 Å². The summed E-state index contributed by atoms with van der Waals surface area (Å²) in [4.78, 5) is 22.6. The van der Waals surface area contributed by atoms with Crippen LogP contribution in [0.15, 0.2) is 12.3 Å². The lowest BCUT2D eigenvalue weighted by molar-refractivity contribution is -0.384. The number of aryl methyl sites for hydroxylation is 1. The molecule has 0 atom stereocenters. The molecule has 0 unspecified atom stereocenters. The number of aromatic nitrogens is 1. The van der Waals surface area contributed by atoms with Gasteiger partial charge in [-0.25, -0.2) is 0 Å². The third kappa shape index (κ3) is 3.36. The first kappa shape index (κ1) is 14.5. The van der Waals surface area contributed by atoms with E-state index in [2.05, 4.69) is 10.6 Å². The van der Waals surface area contributed by atoms with Crippen LogP contribution in [-0.4, -0.2) is 34.5 Å². The molecule has 2 rings (SSSR count). The van der Waals surface area contributed by atoms with Gasteiger partial charge >= 0.3 is 0 Å². The normalized spacial score (nSPS) is 16.1. The highest BCUT2D eigenvalue weighted by atomic mass is 16.6. The SMILES string of the molecule is CCCn1cc([N+](=O)[O-])cc1C(=O)NC1CCNCC1. The largest absolute Gasteiger partial charge is 0.348 e. The zero-order chi connectivity index (χ0) is 14.5. The van der Waals surface area contributed by atoms with Crippen molar-refractivity contribution in [1.29, 1.82) is 0 Å². The van der Waals surface area contributed by atoms with Crippen molar-refractivity contribution in [2.24, 2.45) is 0 Å². The summed E-state index contributed by atoms with van der Waals surface area (Å²) in [5.41, 5.74) is 0.339. The molecular weight excluding hydrogens is 260 g/mol. The smallest absolute Gasteiger partial charge is 0.287 e. The molecule has 0 aromatic carbocycles. The minimum absolute atomic E-state index is 0.0334. The van der Waals surface area contributed by atoms with Gasteiger partial charge in [-0.15, -0.1) is 0 Å². The van der Waals surface area contributed by atoms with E-state index in [1.807, 2.05) is 6.92 Å². The Balaban J connectivity index is 2.12. The van der Waals surface area contributed by atoms with Gasteiger partial charge in [0.15, 0.2) is 0 Å². The van der Waals surface area contributed by atoms with Crippen LogP contribution in [0.25, 0.3) is 0 Å². The summed E-state index contributed by atoms with van der Waals surface area (Å²) in [5, 5.41) is 17.0. The molecular formula is C13H20N4O3. The van der Waals surface area contributed by atoms with Crippen molar-refractivity contribution in [2.75, 3.05) is 13.1 Å². The van der Waals surface area contributed by atoms with E-state index in [-0.39, 0.29) is 17.6 Å². The molecule has 0 aliphatic carbocycles. The van der Waals surface area contributed by atoms with Gasteiger partial charge in [-0.05, 0) is 32.4 Å². The van der Waals surface area contributed by atoms with E-state index in [0.29, 0.717) is 12.2 Å². The van der Waals surface area contributed by atoms with Crippen LogP contribution in [0.5, 0.6) is 0 Å². The Morgan fingerprint density at radius 3 is 2.85 bits per heavy atom. The van der Waals surface area contributed by atoms with Crippen molar-refractivity contribution in [1.82, 2.24) is 15.2 Å². The lowest BCUT2D eigenvalue weighted by Crippen LogP contribution is -2.43. The molecule has 0 saturated carbocycles. The molecule has 1 amide bonds. The first-order valence-electron chi connectivity index (χ1n) is 6.98. The predicted octanol–water partition coefficient (Wildman–Crippen LogP) is 1.29. The maximum atomic E-state index is 12.3. The number of carbonyl (C=O) groups is 1. The third-order valence-corrected chi connectivity index (χ3v) is 3.46. The molecule has 1 aliphatic heterocycles. The van der Waals surface area contributed by atoms with Crippen LogP contribution in [0, 0.1) is 10.1 Å². The number of hydrogen-bond acceptors (Lipinski definition) is 4. The highest BCUT2D eigenvalue weighted by Crippen LogP contribution is 2.17. The Bertz CT molecular complexity index is 492. The standard InChI is InChI=1S/C13H20N4O3/c1-2-7-16-9-11(17(19)20)8-12(16)13(18)15-10-3-5-14-6-4-10/h8-10,14H,2-7H2,1H3,(H,15,18). The van der Waals surface area contributed by atoms with Gasteiger partial charge in [-0.1, -0.05) is 6.92 Å². The van der Waals surface area contributed by atoms with Crippen LogP contribution in [0.1, 0.15) is 36.7 Å². The molecule has 0 bridgehead atoms. The van der Waals surface area contributed by atoms with Crippen molar-refractivity contribution >= 4 is 11.6 Å². The lowest BCUT2D eigenvalue weighted by Gasteiger charge is -2.23. The highest BCUT2D eigenvalue weighted by Gasteiger charge is 2.22. The minimum Gasteiger partial charge on any atom is -0.348 e. The summed E-state index contributed by atoms with van der Waals surface area (Å²) in [7, 11) is 0. The molecule has 0 radical (unpaired) electrons. The molecule has 110 valence electrons. The van der Waals surface area contributed by atoms with Crippen molar-refractivity contribution in [2.45, 2.75) is 38.8 Å². The number of rotatable bonds is 5. The molecule has 1 aromatic rings. The molecule has 1 saturated heterocycles. The number of nitro groups is 1. The minimum atomic E-state index is -0.465. The predicted molar refractivity (Wildman–Crippen MR) is 74.7 cm³/mol. The third-order valence-electron chi connectivity index (χ3n) is 3.46. The number of carbonyl (C=O) groups excluding carboxylic acids is 1. The summed E-state index contributed by atoms with van der Waals surface area (Å²) in [6, 6.07) is 1.50. The molecule has 7 heteroatoms. The fourth-order valence-corrected chi connectivity index (χ4v) is 2.44. The average molecular weight is 280 g/mol. The number of piperidine rings is 1. The first-order valence-corrected chi connectivity index (χ1v) is 6.98. The van der Waals surface area contributed by atoms with E-state index in [1.165, 1.54) is 12.3 Å². The molecule has 2 N–H and O–H groups in total. The van der Waals surface area contributed by atoms with Crippen LogP contribution in [0.2, 0.25) is 0 Å². The Hall–Kier alpha value is -1.89. The van der Waals surface area contributed by atoms with Gasteiger partial charge in [-0.2, -0.15) is 0 Å². The fourth-order valence-electron chi connectivity index (χ4n) is 2.44. The van der Waals surface area contributed by atoms with Crippen LogP contribution in [0.3, 0.4) is 0 Å². The Morgan fingerprint density at radius 2 is 2.25 bits per heavy atom. The lowest BCUT2D eigenvalue weighted by atomic mass is 10.1. The van der Waals surface area contributed by atoms with Gasteiger partial charge in [0.05, 0.1) is 11.1 Å². The zero-order valence-electron chi connectivity index (χ0n) is 11.6.